The zero-order valence-electron chi connectivity index (χ0n) is 20.8. The highest BCUT2D eigenvalue weighted by molar-refractivity contribution is 5.75. The van der Waals surface area contributed by atoms with Gasteiger partial charge in [0.15, 0.2) is 0 Å². The average molecular weight is 439 g/mol. The lowest BCUT2D eigenvalue weighted by Crippen LogP contribution is -2.28. The van der Waals surface area contributed by atoms with Gasteiger partial charge in [-0.05, 0) is 44.4 Å². The lowest BCUT2D eigenvalue weighted by Gasteiger charge is -2.26. The minimum atomic E-state index is -0.0613. The molecule has 0 spiro atoms. The molecule has 0 aromatic heterocycles. The minimum Gasteiger partial charge on any atom is -0.465 e. The van der Waals surface area contributed by atoms with Gasteiger partial charge in [0.2, 0.25) is 0 Å². The molecule has 4 nitrogen and oxygen atoms in total. The van der Waals surface area contributed by atoms with Crippen molar-refractivity contribution in [3.63, 3.8) is 0 Å². The van der Waals surface area contributed by atoms with Gasteiger partial charge in [0.05, 0.1) is 25.0 Å². The van der Waals surface area contributed by atoms with Gasteiger partial charge in [0.25, 0.3) is 0 Å². The third-order valence-electron chi connectivity index (χ3n) is 6.56. The van der Waals surface area contributed by atoms with Crippen molar-refractivity contribution in [3.05, 3.63) is 0 Å². The van der Waals surface area contributed by atoms with Crippen LogP contribution in [0.15, 0.2) is 0 Å². The SMILES string of the molecule is CCCCCCCCOC(=O)C1CCC(C(=O)OCCCCCCCCC(C)C)CC1. The number of ether oxygens (including phenoxy) is 2. The third kappa shape index (κ3) is 14.6. The second-order valence-corrected chi connectivity index (χ2v) is 9.96. The Balaban J connectivity index is 1.99. The Hall–Kier alpha value is -1.06. The Morgan fingerprint density at radius 3 is 1.45 bits per heavy atom. The number of unbranched alkanes of at least 4 members (excludes halogenated alkanes) is 10. The molecule has 0 aliphatic heterocycles. The second kappa shape index (κ2) is 18.5. The maximum Gasteiger partial charge on any atom is 0.308 e. The highest BCUT2D eigenvalue weighted by Gasteiger charge is 2.31. The fourth-order valence-electron chi connectivity index (χ4n) is 4.39. The van der Waals surface area contributed by atoms with E-state index in [-0.39, 0.29) is 23.8 Å². The maximum atomic E-state index is 12.3. The van der Waals surface area contributed by atoms with E-state index < -0.39 is 0 Å². The first kappa shape index (κ1) is 28.0. The highest BCUT2D eigenvalue weighted by Crippen LogP contribution is 2.30. The fourth-order valence-corrected chi connectivity index (χ4v) is 4.39. The van der Waals surface area contributed by atoms with Gasteiger partial charge in [-0.2, -0.15) is 0 Å². The summed E-state index contributed by atoms with van der Waals surface area (Å²) >= 11 is 0. The number of hydrogen-bond donors (Lipinski definition) is 0. The smallest absolute Gasteiger partial charge is 0.308 e. The summed E-state index contributed by atoms with van der Waals surface area (Å²) in [4.78, 5) is 24.5. The molecule has 4 heteroatoms. The third-order valence-corrected chi connectivity index (χ3v) is 6.56. The van der Waals surface area contributed by atoms with Gasteiger partial charge >= 0.3 is 11.9 Å². The molecule has 0 atom stereocenters. The van der Waals surface area contributed by atoms with E-state index in [1.165, 1.54) is 57.8 Å². The standard InChI is InChI=1S/C27H50O4/c1-4-5-6-7-11-14-21-30-26(28)24-17-19-25(20-18-24)27(29)31-22-15-12-9-8-10-13-16-23(2)3/h23-25H,4-22H2,1-3H3. The lowest BCUT2D eigenvalue weighted by molar-refractivity contribution is -0.155. The van der Waals surface area contributed by atoms with Gasteiger partial charge in [0, 0.05) is 0 Å². The van der Waals surface area contributed by atoms with Crippen LogP contribution in [0.2, 0.25) is 0 Å². The molecule has 182 valence electrons. The summed E-state index contributed by atoms with van der Waals surface area (Å²) < 4.78 is 11.0. The molecule has 1 rings (SSSR count). The first-order valence-corrected chi connectivity index (χ1v) is 13.4. The summed E-state index contributed by atoms with van der Waals surface area (Å²) in [6.07, 6.45) is 18.8. The Morgan fingerprint density at radius 2 is 1.03 bits per heavy atom. The molecule has 0 amide bonds. The van der Waals surface area contributed by atoms with E-state index in [4.69, 9.17) is 9.47 Å². The molecule has 1 aliphatic carbocycles. The molecule has 1 saturated carbocycles. The molecule has 1 aliphatic rings. The molecule has 31 heavy (non-hydrogen) atoms. The van der Waals surface area contributed by atoms with Gasteiger partial charge in [-0.3, -0.25) is 9.59 Å². The van der Waals surface area contributed by atoms with Gasteiger partial charge in [-0.25, -0.2) is 0 Å². The Bertz CT molecular complexity index is 452. The van der Waals surface area contributed by atoms with Crippen molar-refractivity contribution in [2.75, 3.05) is 13.2 Å². The number of carbonyl (C=O) groups excluding carboxylic acids is 2. The molecule has 0 aromatic carbocycles. The number of esters is 2. The number of carbonyl (C=O) groups is 2. The molecule has 0 bridgehead atoms. The molecule has 0 unspecified atom stereocenters. The van der Waals surface area contributed by atoms with Crippen LogP contribution in [0.4, 0.5) is 0 Å². The van der Waals surface area contributed by atoms with Crippen LogP contribution in [0.5, 0.6) is 0 Å². The summed E-state index contributed by atoms with van der Waals surface area (Å²) in [6, 6.07) is 0. The van der Waals surface area contributed by atoms with Crippen molar-refractivity contribution in [3.8, 4) is 0 Å². The number of rotatable bonds is 18. The van der Waals surface area contributed by atoms with Crippen molar-refractivity contribution < 1.29 is 19.1 Å². The topological polar surface area (TPSA) is 52.6 Å². The van der Waals surface area contributed by atoms with Crippen LogP contribution in [-0.2, 0) is 19.1 Å². The summed E-state index contributed by atoms with van der Waals surface area (Å²) in [6.45, 7) is 7.87. The Labute approximate surface area is 192 Å². The zero-order chi connectivity index (χ0) is 22.7. The van der Waals surface area contributed by atoms with Crippen molar-refractivity contribution >= 4 is 11.9 Å². The van der Waals surface area contributed by atoms with Crippen molar-refractivity contribution in [2.24, 2.45) is 17.8 Å². The van der Waals surface area contributed by atoms with Crippen LogP contribution >= 0.6 is 0 Å². The van der Waals surface area contributed by atoms with E-state index >= 15 is 0 Å². The van der Waals surface area contributed by atoms with Crippen LogP contribution < -0.4 is 0 Å². The fraction of sp³-hybridized carbons (Fsp3) is 0.926. The van der Waals surface area contributed by atoms with Gasteiger partial charge in [-0.1, -0.05) is 91.4 Å². The zero-order valence-corrected chi connectivity index (χ0v) is 20.8. The van der Waals surface area contributed by atoms with Crippen LogP contribution in [0, 0.1) is 17.8 Å². The van der Waals surface area contributed by atoms with Crippen molar-refractivity contribution in [1.82, 2.24) is 0 Å². The van der Waals surface area contributed by atoms with E-state index in [0.717, 1.165) is 57.3 Å². The normalized spacial score (nSPS) is 18.8. The predicted octanol–water partition coefficient (Wildman–Crippen LogP) is 7.63. The van der Waals surface area contributed by atoms with Crippen molar-refractivity contribution in [1.29, 1.82) is 0 Å². The Kier molecular flexibility index (Phi) is 16.7. The monoisotopic (exact) mass is 438 g/mol. The summed E-state index contributed by atoms with van der Waals surface area (Å²) in [7, 11) is 0. The average Bonchev–Trinajstić information content (AvgIpc) is 2.77. The van der Waals surface area contributed by atoms with Crippen LogP contribution in [0.1, 0.15) is 130 Å². The summed E-state index contributed by atoms with van der Waals surface area (Å²) in [5.74, 6) is 0.633. The molecule has 1 fully saturated rings. The first-order valence-electron chi connectivity index (χ1n) is 13.4. The summed E-state index contributed by atoms with van der Waals surface area (Å²) in [5.41, 5.74) is 0. The minimum absolute atomic E-state index is 0.0279. The van der Waals surface area contributed by atoms with Gasteiger partial charge in [-0.15, -0.1) is 0 Å². The second-order valence-electron chi connectivity index (χ2n) is 9.96. The van der Waals surface area contributed by atoms with Gasteiger partial charge < -0.3 is 9.47 Å². The van der Waals surface area contributed by atoms with E-state index in [9.17, 15) is 9.59 Å². The predicted molar refractivity (Wildman–Crippen MR) is 128 cm³/mol. The van der Waals surface area contributed by atoms with Crippen LogP contribution in [0.25, 0.3) is 0 Å². The molecule has 0 radical (unpaired) electrons. The van der Waals surface area contributed by atoms with E-state index in [0.29, 0.717) is 13.2 Å². The summed E-state index contributed by atoms with van der Waals surface area (Å²) in [5, 5.41) is 0. The quantitative estimate of drug-likeness (QED) is 0.163. The van der Waals surface area contributed by atoms with E-state index in [2.05, 4.69) is 20.8 Å². The largest absolute Gasteiger partial charge is 0.465 e. The molecule has 0 heterocycles. The van der Waals surface area contributed by atoms with E-state index in [1.54, 1.807) is 0 Å². The lowest BCUT2D eigenvalue weighted by atomic mass is 9.82. The van der Waals surface area contributed by atoms with Crippen LogP contribution in [-0.4, -0.2) is 25.2 Å². The van der Waals surface area contributed by atoms with Crippen molar-refractivity contribution in [2.45, 2.75) is 130 Å². The Morgan fingerprint density at radius 1 is 0.645 bits per heavy atom. The molecular formula is C27H50O4. The van der Waals surface area contributed by atoms with E-state index in [1.807, 2.05) is 0 Å². The van der Waals surface area contributed by atoms with Gasteiger partial charge in [0.1, 0.15) is 0 Å². The molecule has 0 N–H and O–H groups in total. The molecule has 0 aromatic rings. The molecule has 0 saturated heterocycles. The maximum absolute atomic E-state index is 12.3. The molecular weight excluding hydrogens is 388 g/mol. The first-order chi connectivity index (χ1) is 15.0. The highest BCUT2D eigenvalue weighted by atomic mass is 16.5. The number of hydrogen-bond acceptors (Lipinski definition) is 4. The van der Waals surface area contributed by atoms with Crippen LogP contribution in [0.3, 0.4) is 0 Å².